The molecule has 4 aliphatic rings. The standard InChI is InChI=1S/C35H34F2N4O8/c1-48-32-26-19(30(42)21(34(44)45)13-40(26)17-5-6-17)10-23(36)28(32)38-12-16-4-3-9-39(25(16)15-38)29-24(37)11-20-27(33(29)49-2)41(18-7-8-18)14-22(31(20)43)35(46)47/h10-11,13-14,16-18,25H,3-9,12,15H2,1-2H3,(H,44,45)(H,46,47)/t16-,25+/m0/s1. The van der Waals surface area contributed by atoms with Crippen LogP contribution in [0.15, 0.2) is 34.1 Å². The van der Waals surface area contributed by atoms with Crippen molar-refractivity contribution < 1.29 is 38.1 Å². The first-order valence-corrected chi connectivity index (χ1v) is 16.4. The minimum absolute atomic E-state index is 0.0200. The van der Waals surface area contributed by atoms with Crippen LogP contribution in [-0.2, 0) is 0 Å². The Morgan fingerprint density at radius 3 is 1.71 bits per heavy atom. The lowest BCUT2D eigenvalue weighted by Crippen LogP contribution is -2.46. The summed E-state index contributed by atoms with van der Waals surface area (Å²) in [5.41, 5.74) is -1.45. The van der Waals surface area contributed by atoms with Gasteiger partial charge in [-0.3, -0.25) is 9.59 Å². The van der Waals surface area contributed by atoms with E-state index in [9.17, 15) is 29.4 Å². The van der Waals surface area contributed by atoms with Crippen molar-refractivity contribution in [3.8, 4) is 11.5 Å². The Balaban J connectivity index is 1.25. The zero-order chi connectivity index (χ0) is 34.5. The second-order valence-corrected chi connectivity index (χ2v) is 13.5. The number of fused-ring (bicyclic) bond motifs is 3. The number of halogens is 2. The van der Waals surface area contributed by atoms with Crippen LogP contribution in [0.4, 0.5) is 20.2 Å². The van der Waals surface area contributed by atoms with Crippen LogP contribution in [0.3, 0.4) is 0 Å². The molecule has 49 heavy (non-hydrogen) atoms. The van der Waals surface area contributed by atoms with Gasteiger partial charge < -0.3 is 38.6 Å². The molecule has 0 bridgehead atoms. The molecule has 256 valence electrons. The van der Waals surface area contributed by atoms with Gasteiger partial charge in [-0.1, -0.05) is 0 Å². The van der Waals surface area contributed by atoms with Gasteiger partial charge in [0.2, 0.25) is 10.9 Å². The molecule has 0 unspecified atom stereocenters. The van der Waals surface area contributed by atoms with E-state index < -0.39 is 45.6 Å². The van der Waals surface area contributed by atoms with Crippen molar-refractivity contribution >= 4 is 45.1 Å². The highest BCUT2D eigenvalue weighted by Crippen LogP contribution is 2.49. The second kappa shape index (κ2) is 11.2. The zero-order valence-corrected chi connectivity index (χ0v) is 26.9. The number of carboxylic acid groups (broad SMARTS) is 2. The van der Waals surface area contributed by atoms with E-state index in [-0.39, 0.29) is 64.2 Å². The molecule has 2 saturated heterocycles. The monoisotopic (exact) mass is 676 g/mol. The Bertz CT molecular complexity index is 2220. The summed E-state index contributed by atoms with van der Waals surface area (Å²) >= 11 is 0. The number of carboxylic acids is 2. The summed E-state index contributed by atoms with van der Waals surface area (Å²) in [5.74, 6) is -3.96. The molecule has 4 heterocycles. The van der Waals surface area contributed by atoms with E-state index in [4.69, 9.17) is 9.47 Å². The van der Waals surface area contributed by atoms with Gasteiger partial charge in [-0.15, -0.1) is 0 Å². The average Bonchev–Trinajstić information content (AvgIpc) is 4.01. The summed E-state index contributed by atoms with van der Waals surface area (Å²) in [4.78, 5) is 54.0. The van der Waals surface area contributed by atoms with E-state index in [2.05, 4.69) is 0 Å². The number of aromatic nitrogens is 2. The fourth-order valence-corrected chi connectivity index (χ4v) is 8.06. The molecule has 2 saturated carbocycles. The lowest BCUT2D eigenvalue weighted by Gasteiger charge is -2.39. The molecule has 0 radical (unpaired) electrons. The van der Waals surface area contributed by atoms with Gasteiger partial charge in [0.25, 0.3) is 0 Å². The maximum Gasteiger partial charge on any atom is 0.341 e. The molecule has 2 atom stereocenters. The Labute approximate surface area is 277 Å². The fourth-order valence-electron chi connectivity index (χ4n) is 8.06. The van der Waals surface area contributed by atoms with Crippen LogP contribution in [0, 0.1) is 17.6 Å². The van der Waals surface area contributed by atoms with Crippen molar-refractivity contribution in [2.45, 2.75) is 56.7 Å². The lowest BCUT2D eigenvalue weighted by molar-refractivity contribution is 0.0684. The van der Waals surface area contributed by atoms with Crippen molar-refractivity contribution in [3.63, 3.8) is 0 Å². The molecule has 8 rings (SSSR count). The van der Waals surface area contributed by atoms with Gasteiger partial charge in [0.05, 0.1) is 42.1 Å². The highest BCUT2D eigenvalue weighted by molar-refractivity contribution is 5.98. The third-order valence-electron chi connectivity index (χ3n) is 10.5. The molecular weight excluding hydrogens is 642 g/mol. The number of anilines is 2. The van der Waals surface area contributed by atoms with Crippen molar-refractivity contribution in [2.24, 2.45) is 5.92 Å². The first-order valence-electron chi connectivity index (χ1n) is 16.4. The Morgan fingerprint density at radius 2 is 1.24 bits per heavy atom. The van der Waals surface area contributed by atoms with E-state index in [1.807, 2.05) is 9.80 Å². The van der Waals surface area contributed by atoms with Crippen molar-refractivity contribution in [1.29, 1.82) is 0 Å². The maximum absolute atomic E-state index is 16.3. The summed E-state index contributed by atoms with van der Waals surface area (Å²) < 4.78 is 47.6. The predicted octanol–water partition coefficient (Wildman–Crippen LogP) is 4.78. The van der Waals surface area contributed by atoms with E-state index in [1.165, 1.54) is 26.6 Å². The smallest absolute Gasteiger partial charge is 0.341 e. The summed E-state index contributed by atoms with van der Waals surface area (Å²) in [6.07, 6.45) is 7.25. The summed E-state index contributed by atoms with van der Waals surface area (Å²) in [7, 11) is 2.79. The van der Waals surface area contributed by atoms with Crippen molar-refractivity contribution in [3.05, 3.63) is 67.7 Å². The van der Waals surface area contributed by atoms with Gasteiger partial charge in [-0.2, -0.15) is 0 Å². The molecule has 12 nitrogen and oxygen atoms in total. The third kappa shape index (κ3) is 4.74. The molecular formula is C35H34F2N4O8. The summed E-state index contributed by atoms with van der Waals surface area (Å²) in [6, 6.07) is 1.80. The molecule has 4 aromatic rings. The number of piperidine rings is 1. The topological polar surface area (TPSA) is 144 Å². The summed E-state index contributed by atoms with van der Waals surface area (Å²) in [6.45, 7) is 1.15. The summed E-state index contributed by atoms with van der Waals surface area (Å²) in [5, 5.41) is 19.3. The van der Waals surface area contributed by atoms with E-state index in [1.54, 1.807) is 9.13 Å². The molecule has 0 amide bonds. The second-order valence-electron chi connectivity index (χ2n) is 13.5. The first kappa shape index (κ1) is 31.1. The van der Waals surface area contributed by atoms with Crippen LogP contribution < -0.4 is 30.1 Å². The number of hydrogen-bond donors (Lipinski definition) is 2. The van der Waals surface area contributed by atoms with Crippen LogP contribution in [0.5, 0.6) is 11.5 Å². The number of aromatic carboxylic acids is 2. The number of hydrogen-bond acceptors (Lipinski definition) is 8. The fraction of sp³-hybridized carbons (Fsp3) is 0.429. The predicted molar refractivity (Wildman–Crippen MR) is 176 cm³/mol. The first-order chi connectivity index (χ1) is 23.5. The Kier molecular flexibility index (Phi) is 7.12. The molecule has 0 spiro atoms. The zero-order valence-electron chi connectivity index (χ0n) is 26.9. The maximum atomic E-state index is 16.3. The highest BCUT2D eigenvalue weighted by Gasteiger charge is 2.44. The number of nitrogens with zero attached hydrogens (tertiary/aromatic N) is 4. The minimum Gasteiger partial charge on any atom is -0.492 e. The molecule has 4 fully saturated rings. The van der Waals surface area contributed by atoms with E-state index in [0.717, 1.165) is 44.2 Å². The number of ether oxygens (including phenoxy) is 2. The van der Waals surface area contributed by atoms with Gasteiger partial charge in [0, 0.05) is 44.1 Å². The van der Waals surface area contributed by atoms with Crippen LogP contribution >= 0.6 is 0 Å². The van der Waals surface area contributed by atoms with Gasteiger partial charge in [0.1, 0.15) is 22.5 Å². The average molecular weight is 677 g/mol. The number of carbonyl (C=O) groups is 2. The Hall–Kier alpha value is -5.14. The highest BCUT2D eigenvalue weighted by atomic mass is 19.1. The Morgan fingerprint density at radius 1 is 0.755 bits per heavy atom. The van der Waals surface area contributed by atoms with Crippen molar-refractivity contribution in [1.82, 2.24) is 9.13 Å². The van der Waals surface area contributed by atoms with Crippen LogP contribution in [0.25, 0.3) is 21.8 Å². The lowest BCUT2D eigenvalue weighted by atomic mass is 9.91. The molecule has 14 heteroatoms. The minimum atomic E-state index is -1.39. The van der Waals surface area contributed by atoms with Gasteiger partial charge >= 0.3 is 11.9 Å². The third-order valence-corrected chi connectivity index (χ3v) is 10.5. The van der Waals surface area contributed by atoms with E-state index >= 15 is 8.78 Å². The van der Waals surface area contributed by atoms with E-state index in [0.29, 0.717) is 30.5 Å². The molecule has 2 aliphatic heterocycles. The van der Waals surface area contributed by atoms with Crippen molar-refractivity contribution in [2.75, 3.05) is 43.7 Å². The van der Waals surface area contributed by atoms with Crippen LogP contribution in [-0.4, -0.2) is 71.2 Å². The largest absolute Gasteiger partial charge is 0.492 e. The molecule has 2 aromatic carbocycles. The number of benzene rings is 2. The normalized spacial score (nSPS) is 20.6. The van der Waals surface area contributed by atoms with Gasteiger partial charge in [0.15, 0.2) is 23.1 Å². The SMILES string of the molecule is COc1c(N2C[C@@H]3CCCN(c4c(F)cc5c(=O)c(C(=O)O)cn(C6CC6)c5c4OC)[C@@H]3C2)c(F)cc2c(=O)c(C(=O)O)cn(C3CC3)c12. The number of pyridine rings is 2. The molecule has 2 aliphatic carbocycles. The molecule has 2 aromatic heterocycles. The molecule has 2 N–H and O–H groups in total. The van der Waals surface area contributed by atoms with Crippen LogP contribution in [0.1, 0.15) is 71.3 Å². The van der Waals surface area contributed by atoms with Gasteiger partial charge in [-0.05, 0) is 56.6 Å². The number of methoxy groups -OCH3 is 2. The van der Waals surface area contributed by atoms with Gasteiger partial charge in [-0.25, -0.2) is 18.4 Å². The quantitative estimate of drug-likeness (QED) is 0.268. The van der Waals surface area contributed by atoms with Crippen LogP contribution in [0.2, 0.25) is 0 Å². The number of rotatable bonds is 8.